The Labute approximate surface area is 356 Å². The van der Waals surface area contributed by atoms with E-state index in [2.05, 4.69) is 22.5 Å². The molecule has 2 heterocycles. The number of ether oxygens (including phenoxy) is 1. The first-order valence-electron chi connectivity index (χ1n) is 25.2. The standard InChI is InChI=1S/C50H81N3O6/c1-59-49-24-35-12-19-47(57)42(46(56)18-7-30-6-15-40-37(22-30)29-53-45-27-39(55)14-17-41(40)45)16-11-32(44(35)28-48(49)58)10-13-38(54)26-43(36-20-21-52-50(51)25-36)34-9-8-31-4-2-3-5-33(31)23-34/h30-38,40-46,48-50,52-54,56,58H,2-10,12-15,17-29,51H2,1H3/p+2/t30-,31?,32+,33?,34?,35?,36?,37-,38-,40+,41-,42+,43-,44?,45+,46+,48?,49?,50?/m0/s1. The highest BCUT2D eigenvalue weighted by molar-refractivity contribution is 5.84. The van der Waals surface area contributed by atoms with E-state index in [-0.39, 0.29) is 35.8 Å². The Hall–Kier alpha value is -1.38. The third-order valence-corrected chi connectivity index (χ3v) is 18.6. The van der Waals surface area contributed by atoms with Gasteiger partial charge in [0.1, 0.15) is 23.7 Å². The number of aliphatic hydroxyl groups is 3. The molecule has 6 aliphatic carbocycles. The van der Waals surface area contributed by atoms with Crippen LogP contribution in [0.1, 0.15) is 154 Å². The van der Waals surface area contributed by atoms with Gasteiger partial charge in [-0.05, 0) is 150 Å². The van der Waals surface area contributed by atoms with Gasteiger partial charge in [0.15, 0.2) is 0 Å². The quantitative estimate of drug-likeness (QED) is 0.158. The van der Waals surface area contributed by atoms with Crippen LogP contribution in [0.25, 0.3) is 0 Å². The molecule has 59 heavy (non-hydrogen) atoms. The van der Waals surface area contributed by atoms with Crippen molar-refractivity contribution in [3.63, 3.8) is 0 Å². The van der Waals surface area contributed by atoms with Gasteiger partial charge in [0, 0.05) is 44.1 Å². The molecule has 5 saturated carbocycles. The van der Waals surface area contributed by atoms with E-state index >= 15 is 0 Å². The lowest BCUT2D eigenvalue weighted by atomic mass is 9.61. The van der Waals surface area contributed by atoms with Crippen molar-refractivity contribution < 1.29 is 40.3 Å². The number of Topliss-reactive ketones (excluding diaryl/α,β-unsaturated/α-hetero) is 2. The molecule has 332 valence electrons. The number of carbonyl (C=O) groups excluding carboxylic acids is 2. The van der Waals surface area contributed by atoms with E-state index < -0.39 is 24.2 Å². The molecular weight excluding hydrogens is 739 g/mol. The summed E-state index contributed by atoms with van der Waals surface area (Å²) in [7, 11) is 1.68. The molecule has 9 heteroatoms. The molecule has 0 radical (unpaired) electrons. The van der Waals surface area contributed by atoms with Crippen molar-refractivity contribution in [2.45, 2.75) is 191 Å². The van der Waals surface area contributed by atoms with E-state index in [4.69, 9.17) is 10.5 Å². The van der Waals surface area contributed by atoms with Crippen LogP contribution >= 0.6 is 0 Å². The molecule has 9 unspecified atom stereocenters. The van der Waals surface area contributed by atoms with Gasteiger partial charge >= 0.3 is 0 Å². The maximum absolute atomic E-state index is 13.9. The number of ketones is 2. The summed E-state index contributed by atoms with van der Waals surface area (Å²) in [6.07, 6.45) is 22.4. The number of hydrogen-bond donors (Lipinski definition) is 6. The zero-order valence-electron chi connectivity index (χ0n) is 36.7. The summed E-state index contributed by atoms with van der Waals surface area (Å²) in [5, 5.41) is 39.7. The summed E-state index contributed by atoms with van der Waals surface area (Å²) in [5.41, 5.74) is 6.55. The fourth-order valence-electron chi connectivity index (χ4n) is 15.4. The van der Waals surface area contributed by atoms with E-state index in [1.54, 1.807) is 7.11 Å². The van der Waals surface area contributed by atoms with Crippen LogP contribution in [0.2, 0.25) is 0 Å². The molecule has 19 atom stereocenters. The van der Waals surface area contributed by atoms with Gasteiger partial charge in [0.05, 0.1) is 50.0 Å². The van der Waals surface area contributed by atoms with Crippen molar-refractivity contribution in [3.8, 4) is 11.8 Å². The van der Waals surface area contributed by atoms with E-state index in [0.29, 0.717) is 79.4 Å². The Kier molecular flexibility index (Phi) is 15.3. The van der Waals surface area contributed by atoms with Crippen LogP contribution in [0.15, 0.2) is 0 Å². The van der Waals surface area contributed by atoms with Crippen LogP contribution in [-0.2, 0) is 14.3 Å². The van der Waals surface area contributed by atoms with Crippen molar-refractivity contribution in [1.29, 1.82) is 0 Å². The fourth-order valence-corrected chi connectivity index (χ4v) is 15.4. The summed E-state index contributed by atoms with van der Waals surface area (Å²) >= 11 is 0. The average molecular weight is 822 g/mol. The van der Waals surface area contributed by atoms with Crippen molar-refractivity contribution in [2.75, 3.05) is 20.2 Å². The second-order valence-electron chi connectivity index (χ2n) is 21.9. The molecule has 2 aliphatic heterocycles. The van der Waals surface area contributed by atoms with Crippen LogP contribution in [0.4, 0.5) is 0 Å². The lowest BCUT2D eigenvalue weighted by Gasteiger charge is -2.47. The molecule has 9 nitrogen and oxygen atoms in total. The van der Waals surface area contributed by atoms with E-state index in [0.717, 1.165) is 82.2 Å². The highest BCUT2D eigenvalue weighted by Gasteiger charge is 2.48. The summed E-state index contributed by atoms with van der Waals surface area (Å²) in [6.45, 7) is 2.21. The highest BCUT2D eigenvalue weighted by Crippen LogP contribution is 2.49. The molecule has 0 aromatic rings. The van der Waals surface area contributed by atoms with Crippen molar-refractivity contribution >= 4 is 11.6 Å². The monoisotopic (exact) mass is 822 g/mol. The minimum absolute atomic E-state index is 0.0479. The van der Waals surface area contributed by atoms with Crippen LogP contribution in [0.5, 0.6) is 0 Å². The topological polar surface area (TPSA) is 163 Å². The summed E-state index contributed by atoms with van der Waals surface area (Å²) in [5.74, 6) is 13.3. The van der Waals surface area contributed by atoms with E-state index in [1.807, 2.05) is 0 Å². The van der Waals surface area contributed by atoms with Crippen LogP contribution in [0.3, 0.4) is 0 Å². The van der Waals surface area contributed by atoms with Gasteiger partial charge in [-0.3, -0.25) is 15.3 Å². The van der Waals surface area contributed by atoms with Gasteiger partial charge in [-0.1, -0.05) is 43.9 Å². The zero-order valence-corrected chi connectivity index (χ0v) is 36.7. The van der Waals surface area contributed by atoms with Gasteiger partial charge in [-0.25, -0.2) is 0 Å². The van der Waals surface area contributed by atoms with Gasteiger partial charge in [-0.2, -0.15) is 0 Å². The number of nitrogens with two attached hydrogens (primary N) is 3. The molecule has 8 rings (SSSR count). The van der Waals surface area contributed by atoms with Crippen molar-refractivity contribution in [3.05, 3.63) is 0 Å². The summed E-state index contributed by atoms with van der Waals surface area (Å²) in [4.78, 5) is 26.1. The summed E-state index contributed by atoms with van der Waals surface area (Å²) < 4.78 is 5.75. The Morgan fingerprint density at radius 1 is 0.763 bits per heavy atom. The predicted molar refractivity (Wildman–Crippen MR) is 228 cm³/mol. The molecule has 0 amide bonds. The second kappa shape index (κ2) is 20.4. The summed E-state index contributed by atoms with van der Waals surface area (Å²) in [6, 6.07) is 0.492. The maximum atomic E-state index is 13.9. The molecule has 8 aliphatic rings. The molecule has 7 fully saturated rings. The third-order valence-electron chi connectivity index (χ3n) is 18.6. The molecule has 0 aromatic heterocycles. The number of aliphatic hydroxyl groups excluding tert-OH is 3. The predicted octanol–water partition coefficient (Wildman–Crippen LogP) is 4.49. The third kappa shape index (κ3) is 10.7. The molecule has 0 spiro atoms. The number of carbonyl (C=O) groups is 2. The first-order valence-corrected chi connectivity index (χ1v) is 25.2. The molecule has 9 N–H and O–H groups in total. The lowest BCUT2D eigenvalue weighted by molar-refractivity contribution is -0.715. The smallest absolute Gasteiger partial charge is 0.150 e. The molecule has 2 saturated heterocycles. The SMILES string of the molecule is COC1CC2CCC(=O)[C@@H]([C@H](O)CC[C@@H]3CC[C@@H]4[C@H](C[NH2+][C@@H]5CC(=O)CC[C@@H]45)C3)C#C[C@@H](CC[C@H](O)C[C@H](C3CC[NH2+]C(N)C3)C3CCC4CCCCC4C3)C2CC1O. The number of rotatable bonds is 12. The van der Waals surface area contributed by atoms with E-state index in [9.17, 15) is 24.9 Å². The Balaban J connectivity index is 0.921. The first kappa shape index (κ1) is 44.2. The van der Waals surface area contributed by atoms with Gasteiger partial charge in [0.25, 0.3) is 0 Å². The number of quaternary nitrogens is 2. The first-order chi connectivity index (χ1) is 28.6. The van der Waals surface area contributed by atoms with Gasteiger partial charge in [0.2, 0.25) is 0 Å². The zero-order chi connectivity index (χ0) is 41.0. The second-order valence-corrected chi connectivity index (χ2v) is 21.9. The number of methoxy groups -OCH3 is 1. The van der Waals surface area contributed by atoms with Crippen LogP contribution < -0.4 is 16.4 Å². The van der Waals surface area contributed by atoms with Crippen molar-refractivity contribution in [1.82, 2.24) is 0 Å². The number of hydrogen-bond acceptors (Lipinski definition) is 7. The number of piperidine rings is 2. The molecule has 0 aromatic carbocycles. The number of fused-ring (bicyclic) bond motifs is 5. The van der Waals surface area contributed by atoms with Gasteiger partial charge in [-0.15, -0.1) is 0 Å². The van der Waals surface area contributed by atoms with Crippen LogP contribution in [-0.4, -0.2) is 83.7 Å². The Bertz CT molecular complexity index is 1470. The Morgan fingerprint density at radius 2 is 1.59 bits per heavy atom. The lowest BCUT2D eigenvalue weighted by Crippen LogP contribution is -2.96. The van der Waals surface area contributed by atoms with Crippen molar-refractivity contribution in [2.24, 2.45) is 82.7 Å². The van der Waals surface area contributed by atoms with Gasteiger partial charge < -0.3 is 30.7 Å². The van der Waals surface area contributed by atoms with Crippen LogP contribution in [0, 0.1) is 88.8 Å². The maximum Gasteiger partial charge on any atom is 0.150 e. The average Bonchev–Trinajstić information content (AvgIpc) is 3.30. The highest BCUT2D eigenvalue weighted by atomic mass is 16.5. The Morgan fingerprint density at radius 3 is 2.42 bits per heavy atom. The fraction of sp³-hybridized carbons (Fsp3) is 0.920. The molecular formula is C50H83N3O6+2. The molecule has 0 bridgehead atoms. The minimum Gasteiger partial charge on any atom is -0.393 e. The minimum atomic E-state index is -0.776. The normalized spacial score (nSPS) is 44.4. The largest absolute Gasteiger partial charge is 0.393 e. The van der Waals surface area contributed by atoms with E-state index in [1.165, 1.54) is 70.6 Å².